The van der Waals surface area contributed by atoms with E-state index in [-0.39, 0.29) is 29.6 Å². The zero-order valence-electron chi connectivity index (χ0n) is 32.8. The lowest BCUT2D eigenvalue weighted by atomic mass is 9.91. The van der Waals surface area contributed by atoms with Gasteiger partial charge in [0.1, 0.15) is 17.6 Å². The van der Waals surface area contributed by atoms with Crippen molar-refractivity contribution in [1.29, 1.82) is 5.26 Å². The number of hydrogen-bond donors (Lipinski definition) is 0. The number of morpholine rings is 1. The second-order valence-electron chi connectivity index (χ2n) is 14.6. The summed E-state index contributed by atoms with van der Waals surface area (Å²) in [5.41, 5.74) is 6.06. The number of hydrogen-bond acceptors (Lipinski definition) is 7. The lowest BCUT2D eigenvalue weighted by Gasteiger charge is -2.40. The maximum Gasteiger partial charge on any atom is 0.387 e. The van der Waals surface area contributed by atoms with Crippen LogP contribution in [0.25, 0.3) is 11.3 Å². The van der Waals surface area contributed by atoms with Crippen molar-refractivity contribution in [3.63, 3.8) is 0 Å². The van der Waals surface area contributed by atoms with E-state index in [0.29, 0.717) is 71.7 Å². The van der Waals surface area contributed by atoms with E-state index in [1.807, 2.05) is 49.4 Å². The molecule has 5 aromatic rings. The number of carbonyl (C=O) groups is 2. The standard InChI is InChI=1S/C45H44ClF2N5O5/c1-28-31(10-7-11-41(28)56-4)25-52(35-14-12-34(46)13-15-35)43(54)37-22-40(50(3)29(37)2)38-21-33(24-49)42(58-45(47)48)23-39(38)44(55)53-26-32-9-6-5-8-30(32)20-36(53)27-51-16-18-57-19-17-51/h5-15,21-23,36,45H,16-20,25-27H2,1-4H3/t36-/m0/s1. The zero-order valence-corrected chi connectivity index (χ0v) is 33.6. The topological polar surface area (TPSA) is 100 Å². The van der Waals surface area contributed by atoms with Crippen LogP contribution in [0.5, 0.6) is 11.5 Å². The Morgan fingerprint density at radius 1 is 0.966 bits per heavy atom. The highest BCUT2D eigenvalue weighted by Gasteiger charge is 2.35. The first-order valence-corrected chi connectivity index (χ1v) is 19.4. The van der Waals surface area contributed by atoms with Gasteiger partial charge in [-0.1, -0.05) is 48.0 Å². The van der Waals surface area contributed by atoms with Crippen molar-refractivity contribution in [3.8, 4) is 28.8 Å². The number of rotatable bonds is 11. The number of nitrogens with zero attached hydrogens (tertiary/aromatic N) is 5. The molecular weight excluding hydrogens is 764 g/mol. The minimum atomic E-state index is -3.23. The Balaban J connectivity index is 1.33. The van der Waals surface area contributed by atoms with E-state index in [2.05, 4.69) is 11.0 Å². The number of benzene rings is 4. The Kier molecular flexibility index (Phi) is 12.1. The highest BCUT2D eigenvalue weighted by atomic mass is 35.5. The molecule has 0 saturated carbocycles. The lowest BCUT2D eigenvalue weighted by molar-refractivity contribution is -0.0501. The van der Waals surface area contributed by atoms with E-state index in [0.717, 1.165) is 35.3 Å². The Labute approximate surface area is 341 Å². The van der Waals surface area contributed by atoms with E-state index in [1.54, 1.807) is 65.8 Å². The van der Waals surface area contributed by atoms with E-state index in [9.17, 15) is 18.8 Å². The summed E-state index contributed by atoms with van der Waals surface area (Å²) in [6.45, 7) is 4.22. The average Bonchev–Trinajstić information content (AvgIpc) is 3.52. The molecule has 1 aromatic heterocycles. The van der Waals surface area contributed by atoms with Crippen molar-refractivity contribution in [1.82, 2.24) is 14.4 Å². The number of methoxy groups -OCH3 is 1. The summed E-state index contributed by atoms with van der Waals surface area (Å²) in [6, 6.07) is 26.7. The normalized spacial score (nSPS) is 15.5. The largest absolute Gasteiger partial charge is 0.496 e. The smallest absolute Gasteiger partial charge is 0.387 e. The van der Waals surface area contributed by atoms with Crippen LogP contribution in [0.3, 0.4) is 0 Å². The van der Waals surface area contributed by atoms with Crippen molar-refractivity contribution in [2.45, 2.75) is 46.0 Å². The van der Waals surface area contributed by atoms with Crippen LogP contribution in [0.1, 0.15) is 54.2 Å². The van der Waals surface area contributed by atoms with Gasteiger partial charge in [-0.25, -0.2) is 0 Å². The molecule has 0 spiro atoms. The zero-order chi connectivity index (χ0) is 41.1. The molecule has 0 N–H and O–H groups in total. The number of alkyl halides is 2. The molecule has 2 aliphatic heterocycles. The van der Waals surface area contributed by atoms with Crippen LogP contribution in [-0.4, -0.2) is 78.8 Å². The fourth-order valence-corrected chi connectivity index (χ4v) is 8.04. The van der Waals surface area contributed by atoms with Crippen LogP contribution in [0.2, 0.25) is 5.02 Å². The van der Waals surface area contributed by atoms with Crippen LogP contribution >= 0.6 is 11.6 Å². The fourth-order valence-electron chi connectivity index (χ4n) is 7.92. The quantitative estimate of drug-likeness (QED) is 0.133. The van der Waals surface area contributed by atoms with Gasteiger partial charge in [0.15, 0.2) is 0 Å². The van der Waals surface area contributed by atoms with Crippen LogP contribution in [-0.2, 0) is 31.3 Å². The van der Waals surface area contributed by atoms with Crippen LogP contribution in [0.15, 0.2) is 84.9 Å². The van der Waals surface area contributed by atoms with Gasteiger partial charge in [0, 0.05) is 66.9 Å². The predicted octanol–water partition coefficient (Wildman–Crippen LogP) is 8.19. The number of aromatic nitrogens is 1. The summed E-state index contributed by atoms with van der Waals surface area (Å²) >= 11 is 6.26. The molecule has 0 bridgehead atoms. The SMILES string of the molecule is COc1cccc(CN(C(=O)c2cc(-c3cc(C#N)c(OC(F)F)cc3C(=O)N3Cc4ccccc4C[C@H]3CN3CCOCC3)n(C)c2C)c2ccc(Cl)cc2)c1C. The van der Waals surface area contributed by atoms with E-state index < -0.39 is 18.3 Å². The molecule has 4 aromatic carbocycles. The first-order chi connectivity index (χ1) is 28.0. The highest BCUT2D eigenvalue weighted by Crippen LogP contribution is 2.37. The first kappa shape index (κ1) is 40.5. The fraction of sp³-hybridized carbons (Fsp3) is 0.311. The van der Waals surface area contributed by atoms with Crippen LogP contribution in [0, 0.1) is 25.2 Å². The molecule has 7 rings (SSSR count). The Morgan fingerprint density at radius 2 is 1.69 bits per heavy atom. The van der Waals surface area contributed by atoms with Crippen LogP contribution in [0.4, 0.5) is 14.5 Å². The molecule has 0 aliphatic carbocycles. The number of ether oxygens (including phenoxy) is 3. The van der Waals surface area contributed by atoms with Gasteiger partial charge in [-0.05, 0) is 91.1 Å². The molecule has 13 heteroatoms. The molecule has 58 heavy (non-hydrogen) atoms. The molecule has 0 radical (unpaired) electrons. The third kappa shape index (κ3) is 8.29. The molecule has 10 nitrogen and oxygen atoms in total. The maximum atomic E-state index is 15.1. The van der Waals surface area contributed by atoms with E-state index >= 15 is 4.79 Å². The van der Waals surface area contributed by atoms with E-state index in [4.69, 9.17) is 25.8 Å². The molecule has 1 fully saturated rings. The summed E-state index contributed by atoms with van der Waals surface area (Å²) in [5.74, 6) is -0.451. The molecule has 300 valence electrons. The summed E-state index contributed by atoms with van der Waals surface area (Å²) in [6.07, 6.45) is 0.598. The third-order valence-corrected chi connectivity index (χ3v) is 11.5. The van der Waals surface area contributed by atoms with Gasteiger partial charge < -0.3 is 28.6 Å². The Morgan fingerprint density at radius 3 is 2.38 bits per heavy atom. The molecule has 1 saturated heterocycles. The maximum absolute atomic E-state index is 15.1. The lowest BCUT2D eigenvalue weighted by Crippen LogP contribution is -2.52. The number of fused-ring (bicyclic) bond motifs is 1. The minimum absolute atomic E-state index is 0.0715. The number of anilines is 1. The number of carbonyl (C=O) groups excluding carboxylic acids is 2. The van der Waals surface area contributed by atoms with Crippen molar-refractivity contribution < 1.29 is 32.6 Å². The van der Waals surface area contributed by atoms with Gasteiger partial charge in [-0.2, -0.15) is 14.0 Å². The first-order valence-electron chi connectivity index (χ1n) is 19.0. The third-order valence-electron chi connectivity index (χ3n) is 11.2. The molecule has 0 unspecified atom stereocenters. The molecule has 2 aliphatic rings. The van der Waals surface area contributed by atoms with Gasteiger partial charge in [0.05, 0.1) is 43.6 Å². The van der Waals surface area contributed by atoms with Gasteiger partial charge in [0.2, 0.25) is 0 Å². The van der Waals surface area contributed by atoms with Gasteiger partial charge in [-0.15, -0.1) is 0 Å². The summed E-state index contributed by atoms with van der Waals surface area (Å²) in [4.78, 5) is 35.6. The summed E-state index contributed by atoms with van der Waals surface area (Å²) in [5, 5.41) is 10.7. The van der Waals surface area contributed by atoms with Crippen molar-refractivity contribution in [2.75, 3.05) is 44.9 Å². The Bertz CT molecular complexity index is 2370. The molecule has 1 atom stereocenters. The van der Waals surface area contributed by atoms with Crippen molar-refractivity contribution in [3.05, 3.63) is 135 Å². The average molecular weight is 808 g/mol. The second kappa shape index (κ2) is 17.4. The molecular formula is C45H44ClF2N5O5. The van der Waals surface area contributed by atoms with Gasteiger partial charge >= 0.3 is 6.61 Å². The van der Waals surface area contributed by atoms with Crippen molar-refractivity contribution in [2.24, 2.45) is 7.05 Å². The summed E-state index contributed by atoms with van der Waals surface area (Å²) < 4.78 is 45.4. The van der Waals surface area contributed by atoms with Crippen LogP contribution < -0.4 is 14.4 Å². The van der Waals surface area contributed by atoms with Gasteiger partial charge in [-0.3, -0.25) is 14.5 Å². The van der Waals surface area contributed by atoms with E-state index in [1.165, 1.54) is 12.1 Å². The number of amides is 2. The number of halogens is 3. The highest BCUT2D eigenvalue weighted by molar-refractivity contribution is 6.30. The van der Waals surface area contributed by atoms with Gasteiger partial charge in [0.25, 0.3) is 11.8 Å². The minimum Gasteiger partial charge on any atom is -0.496 e. The Hall–Kier alpha value is -5.74. The predicted molar refractivity (Wildman–Crippen MR) is 218 cm³/mol. The molecule has 3 heterocycles. The summed E-state index contributed by atoms with van der Waals surface area (Å²) in [7, 11) is 3.36. The monoisotopic (exact) mass is 807 g/mol. The number of nitriles is 1. The molecule has 2 amide bonds. The van der Waals surface area contributed by atoms with Crippen molar-refractivity contribution >= 4 is 29.1 Å². The second-order valence-corrected chi connectivity index (χ2v) is 15.0.